The highest BCUT2D eigenvalue weighted by atomic mass is 32.2. The van der Waals surface area contributed by atoms with Crippen molar-refractivity contribution < 1.29 is 24.0 Å². The molecule has 0 aliphatic heterocycles. The molecule has 0 atom stereocenters. The van der Waals surface area contributed by atoms with Crippen LogP contribution in [0.3, 0.4) is 0 Å². The summed E-state index contributed by atoms with van der Waals surface area (Å²) in [7, 11) is 0. The zero-order chi connectivity index (χ0) is 22.5. The molecule has 7 nitrogen and oxygen atoms in total. The molecule has 3 rings (SSSR count). The van der Waals surface area contributed by atoms with Gasteiger partial charge in [0.2, 0.25) is 0 Å². The number of ketones is 2. The third-order valence-electron chi connectivity index (χ3n) is 4.50. The number of esters is 1. The summed E-state index contributed by atoms with van der Waals surface area (Å²) in [6.07, 6.45) is 1.71. The Labute approximate surface area is 182 Å². The standard InChI is InChI=1S/C23H17NO6S/c1-14(25)15-7-10-17(11-8-15)30-23(27)19-6-4-3-5-18(19)22(26)16-9-12-21(31-2)20(13-16)24(28)29/h3-13H,1-2H3. The molecule has 31 heavy (non-hydrogen) atoms. The molecule has 3 aromatic rings. The van der Waals surface area contributed by atoms with Gasteiger partial charge in [0, 0.05) is 22.8 Å². The van der Waals surface area contributed by atoms with Gasteiger partial charge < -0.3 is 4.74 Å². The van der Waals surface area contributed by atoms with E-state index in [1.165, 1.54) is 73.3 Å². The fourth-order valence-corrected chi connectivity index (χ4v) is 3.45. The Morgan fingerprint density at radius 3 is 2.10 bits per heavy atom. The second-order valence-corrected chi connectivity index (χ2v) is 7.34. The van der Waals surface area contributed by atoms with Gasteiger partial charge in [-0.05, 0) is 55.6 Å². The van der Waals surface area contributed by atoms with Gasteiger partial charge in [0.15, 0.2) is 11.6 Å². The molecule has 156 valence electrons. The van der Waals surface area contributed by atoms with E-state index in [-0.39, 0.29) is 33.9 Å². The minimum atomic E-state index is -0.755. The van der Waals surface area contributed by atoms with E-state index in [2.05, 4.69) is 0 Å². The smallest absolute Gasteiger partial charge is 0.344 e. The fourth-order valence-electron chi connectivity index (χ4n) is 2.91. The monoisotopic (exact) mass is 435 g/mol. The zero-order valence-electron chi connectivity index (χ0n) is 16.7. The zero-order valence-corrected chi connectivity index (χ0v) is 17.5. The lowest BCUT2D eigenvalue weighted by molar-refractivity contribution is -0.387. The van der Waals surface area contributed by atoms with Crippen LogP contribution >= 0.6 is 11.8 Å². The Kier molecular flexibility index (Phi) is 6.61. The van der Waals surface area contributed by atoms with Gasteiger partial charge in [-0.2, -0.15) is 0 Å². The van der Waals surface area contributed by atoms with Gasteiger partial charge in [0.05, 0.1) is 15.4 Å². The second-order valence-electron chi connectivity index (χ2n) is 6.49. The van der Waals surface area contributed by atoms with Crippen LogP contribution in [0, 0.1) is 10.1 Å². The maximum Gasteiger partial charge on any atom is 0.344 e. The highest BCUT2D eigenvalue weighted by Crippen LogP contribution is 2.29. The molecule has 0 heterocycles. The van der Waals surface area contributed by atoms with Crippen molar-refractivity contribution in [3.05, 3.63) is 99.1 Å². The highest BCUT2D eigenvalue weighted by molar-refractivity contribution is 7.98. The van der Waals surface area contributed by atoms with Gasteiger partial charge in [-0.3, -0.25) is 19.7 Å². The van der Waals surface area contributed by atoms with Crippen LogP contribution in [-0.2, 0) is 0 Å². The number of benzene rings is 3. The summed E-state index contributed by atoms with van der Waals surface area (Å²) >= 11 is 1.20. The van der Waals surface area contributed by atoms with E-state index in [1.54, 1.807) is 18.4 Å². The van der Waals surface area contributed by atoms with E-state index in [9.17, 15) is 24.5 Å². The number of hydrogen-bond acceptors (Lipinski definition) is 7. The van der Waals surface area contributed by atoms with Crippen LogP contribution in [0.5, 0.6) is 5.75 Å². The van der Waals surface area contributed by atoms with Crippen molar-refractivity contribution >= 4 is 35.0 Å². The van der Waals surface area contributed by atoms with Gasteiger partial charge in [-0.15, -0.1) is 11.8 Å². The Morgan fingerprint density at radius 2 is 1.52 bits per heavy atom. The molecule has 0 saturated carbocycles. The summed E-state index contributed by atoms with van der Waals surface area (Å²) in [6.45, 7) is 1.43. The first-order valence-electron chi connectivity index (χ1n) is 9.11. The number of carbonyl (C=O) groups is 3. The number of nitro groups is 1. The summed E-state index contributed by atoms with van der Waals surface area (Å²) < 4.78 is 5.35. The van der Waals surface area contributed by atoms with E-state index in [0.29, 0.717) is 10.5 Å². The predicted octanol–water partition coefficient (Wildman–Crippen LogP) is 4.97. The lowest BCUT2D eigenvalue weighted by Crippen LogP contribution is -2.15. The molecule has 0 spiro atoms. The minimum Gasteiger partial charge on any atom is -0.423 e. The van der Waals surface area contributed by atoms with Crippen molar-refractivity contribution in [2.45, 2.75) is 11.8 Å². The van der Waals surface area contributed by atoms with Crippen molar-refractivity contribution in [2.75, 3.05) is 6.26 Å². The number of hydrogen-bond donors (Lipinski definition) is 0. The summed E-state index contributed by atoms with van der Waals surface area (Å²) in [5.41, 5.74) is 0.490. The first-order valence-corrected chi connectivity index (χ1v) is 10.3. The average molecular weight is 435 g/mol. The van der Waals surface area contributed by atoms with Crippen LogP contribution in [0.2, 0.25) is 0 Å². The number of Topliss-reactive ketones (excluding diaryl/α,β-unsaturated/α-hetero) is 1. The topological polar surface area (TPSA) is 104 Å². The van der Waals surface area contributed by atoms with Crippen LogP contribution in [0.1, 0.15) is 43.6 Å². The van der Waals surface area contributed by atoms with Gasteiger partial charge in [0.25, 0.3) is 5.69 Å². The number of thioether (sulfide) groups is 1. The normalized spacial score (nSPS) is 10.4. The van der Waals surface area contributed by atoms with Gasteiger partial charge in [-0.1, -0.05) is 18.2 Å². The lowest BCUT2D eigenvalue weighted by atomic mass is 9.98. The molecule has 0 bridgehead atoms. The number of carbonyl (C=O) groups excluding carboxylic acids is 3. The van der Waals surface area contributed by atoms with Crippen LogP contribution < -0.4 is 4.74 Å². The Morgan fingerprint density at radius 1 is 0.903 bits per heavy atom. The van der Waals surface area contributed by atoms with Crippen molar-refractivity contribution in [2.24, 2.45) is 0 Å². The maximum absolute atomic E-state index is 13.0. The molecule has 0 fully saturated rings. The van der Waals surface area contributed by atoms with Crippen LogP contribution in [0.25, 0.3) is 0 Å². The summed E-state index contributed by atoms with van der Waals surface area (Å²) in [6, 6.07) is 16.3. The maximum atomic E-state index is 13.0. The number of ether oxygens (including phenoxy) is 1. The lowest BCUT2D eigenvalue weighted by Gasteiger charge is -2.10. The van der Waals surface area contributed by atoms with Gasteiger partial charge in [0.1, 0.15) is 5.75 Å². The highest BCUT2D eigenvalue weighted by Gasteiger charge is 2.22. The molecule has 0 unspecified atom stereocenters. The van der Waals surface area contributed by atoms with E-state index in [0.717, 1.165) is 0 Å². The third kappa shape index (κ3) is 4.87. The second kappa shape index (κ2) is 9.36. The Hall–Kier alpha value is -3.78. The SMILES string of the molecule is CSc1ccc(C(=O)c2ccccc2C(=O)Oc2ccc(C(C)=O)cc2)cc1[N+](=O)[O-]. The number of nitro benzene ring substituents is 1. The number of nitrogens with zero attached hydrogens (tertiary/aromatic N) is 1. The van der Waals surface area contributed by atoms with Gasteiger partial charge in [-0.25, -0.2) is 4.79 Å². The predicted molar refractivity (Wildman–Crippen MR) is 116 cm³/mol. The van der Waals surface area contributed by atoms with Crippen LogP contribution in [-0.4, -0.2) is 28.7 Å². The molecule has 0 aliphatic rings. The Bertz CT molecular complexity index is 1190. The van der Waals surface area contributed by atoms with Crippen LogP contribution in [0.4, 0.5) is 5.69 Å². The molecule has 0 aromatic heterocycles. The molecule has 8 heteroatoms. The minimum absolute atomic E-state index is 0.0275. The quantitative estimate of drug-likeness (QED) is 0.129. The largest absolute Gasteiger partial charge is 0.423 e. The molecular formula is C23H17NO6S. The van der Waals surface area contributed by atoms with Crippen molar-refractivity contribution in [3.8, 4) is 5.75 Å². The van der Waals surface area contributed by atoms with E-state index < -0.39 is 16.7 Å². The Balaban J connectivity index is 1.91. The van der Waals surface area contributed by atoms with E-state index in [1.807, 2.05) is 0 Å². The van der Waals surface area contributed by atoms with E-state index >= 15 is 0 Å². The average Bonchev–Trinajstić information content (AvgIpc) is 2.78. The molecule has 0 amide bonds. The third-order valence-corrected chi connectivity index (χ3v) is 5.29. The summed E-state index contributed by atoms with van der Waals surface area (Å²) in [5.74, 6) is -1.18. The molecule has 0 N–H and O–H groups in total. The van der Waals surface area contributed by atoms with Crippen molar-refractivity contribution in [1.82, 2.24) is 0 Å². The molecule has 0 radical (unpaired) electrons. The molecule has 3 aromatic carbocycles. The fraction of sp³-hybridized carbons (Fsp3) is 0.0870. The molecular weight excluding hydrogens is 418 g/mol. The van der Waals surface area contributed by atoms with E-state index in [4.69, 9.17) is 4.74 Å². The van der Waals surface area contributed by atoms with Crippen molar-refractivity contribution in [3.63, 3.8) is 0 Å². The van der Waals surface area contributed by atoms with Crippen molar-refractivity contribution in [1.29, 1.82) is 0 Å². The summed E-state index contributed by atoms with van der Waals surface area (Å²) in [5, 5.41) is 11.3. The number of rotatable bonds is 7. The van der Waals surface area contributed by atoms with Crippen LogP contribution in [0.15, 0.2) is 71.6 Å². The first kappa shape index (κ1) is 21.9. The summed E-state index contributed by atoms with van der Waals surface area (Å²) in [4.78, 5) is 48.3. The molecule has 0 aliphatic carbocycles. The van der Waals surface area contributed by atoms with Gasteiger partial charge >= 0.3 is 5.97 Å². The molecule has 0 saturated heterocycles. The first-order chi connectivity index (χ1) is 14.8.